The number of hydrogen-bond acceptors (Lipinski definition) is 3. The van der Waals surface area contributed by atoms with E-state index in [1.54, 1.807) is 0 Å². The lowest BCUT2D eigenvalue weighted by molar-refractivity contribution is 0.0154. The molecule has 0 amide bonds. The van der Waals surface area contributed by atoms with E-state index in [1.807, 2.05) is 0 Å². The van der Waals surface area contributed by atoms with E-state index in [1.165, 1.54) is 0 Å². The fourth-order valence-corrected chi connectivity index (χ4v) is 2.10. The maximum absolute atomic E-state index is 6.00. The van der Waals surface area contributed by atoms with Crippen LogP contribution in [0.1, 0.15) is 55.4 Å². The molecule has 128 valence electrons. The molecular formula is C18H40N2O. The van der Waals surface area contributed by atoms with Gasteiger partial charge in [-0.25, -0.2) is 0 Å². The lowest BCUT2D eigenvalue weighted by Gasteiger charge is -2.30. The molecule has 0 rings (SSSR count). The third kappa shape index (κ3) is 13.3. The summed E-state index contributed by atoms with van der Waals surface area (Å²) < 4.78 is 6.00. The second kappa shape index (κ2) is 9.81. The highest BCUT2D eigenvalue weighted by Crippen LogP contribution is 2.19. The monoisotopic (exact) mass is 300 g/mol. The fraction of sp³-hybridized carbons (Fsp3) is 1.00. The Morgan fingerprint density at radius 3 is 1.33 bits per heavy atom. The van der Waals surface area contributed by atoms with E-state index >= 15 is 0 Å². The van der Waals surface area contributed by atoms with Gasteiger partial charge in [0.2, 0.25) is 0 Å². The number of hydrogen-bond donors (Lipinski definition) is 2. The lowest BCUT2D eigenvalue weighted by Crippen LogP contribution is -2.38. The van der Waals surface area contributed by atoms with Crippen molar-refractivity contribution < 1.29 is 4.74 Å². The maximum atomic E-state index is 6.00. The Labute approximate surface area is 133 Å². The Hall–Kier alpha value is -0.120. The van der Waals surface area contributed by atoms with E-state index in [2.05, 4.69) is 66.0 Å². The van der Waals surface area contributed by atoms with Gasteiger partial charge in [-0.05, 0) is 24.9 Å². The van der Waals surface area contributed by atoms with Gasteiger partial charge in [0.1, 0.15) is 0 Å². The van der Waals surface area contributed by atoms with Crippen LogP contribution in [-0.4, -0.2) is 39.4 Å². The summed E-state index contributed by atoms with van der Waals surface area (Å²) in [4.78, 5) is 0. The van der Waals surface area contributed by atoms with Gasteiger partial charge in [-0.15, -0.1) is 0 Å². The maximum Gasteiger partial charge on any atom is 0.0529 e. The van der Waals surface area contributed by atoms with Crippen molar-refractivity contribution in [3.05, 3.63) is 0 Å². The van der Waals surface area contributed by atoms with Gasteiger partial charge in [-0.1, -0.05) is 55.4 Å². The third-order valence-corrected chi connectivity index (χ3v) is 3.30. The van der Waals surface area contributed by atoms with E-state index in [4.69, 9.17) is 4.74 Å². The molecule has 0 aliphatic heterocycles. The average Bonchev–Trinajstić information content (AvgIpc) is 2.26. The standard InChI is InChI=1S/C18H40N2O/c1-15(2)9-19-11-17(5,6)13-21-14-18(7,8)12-20-10-16(3)4/h15-16,19-20H,9-14H2,1-8H3. The van der Waals surface area contributed by atoms with Crippen LogP contribution in [-0.2, 0) is 4.74 Å². The molecule has 0 aliphatic carbocycles. The lowest BCUT2D eigenvalue weighted by atomic mass is 9.92. The molecule has 0 fully saturated rings. The van der Waals surface area contributed by atoms with E-state index in [0.29, 0.717) is 11.8 Å². The number of ether oxygens (including phenoxy) is 1. The van der Waals surface area contributed by atoms with Gasteiger partial charge in [0.15, 0.2) is 0 Å². The minimum Gasteiger partial charge on any atom is -0.380 e. The molecule has 3 nitrogen and oxygen atoms in total. The van der Waals surface area contributed by atoms with Crippen molar-refractivity contribution in [2.75, 3.05) is 39.4 Å². The van der Waals surface area contributed by atoms with Crippen LogP contribution in [0.25, 0.3) is 0 Å². The van der Waals surface area contributed by atoms with Gasteiger partial charge >= 0.3 is 0 Å². The SMILES string of the molecule is CC(C)CNCC(C)(C)COCC(C)(C)CNCC(C)C. The second-order valence-corrected chi connectivity index (χ2v) is 8.87. The van der Waals surface area contributed by atoms with Gasteiger partial charge < -0.3 is 15.4 Å². The highest BCUT2D eigenvalue weighted by molar-refractivity contribution is 4.75. The van der Waals surface area contributed by atoms with E-state index in [9.17, 15) is 0 Å². The first-order valence-electron chi connectivity index (χ1n) is 8.53. The van der Waals surface area contributed by atoms with E-state index in [-0.39, 0.29) is 10.8 Å². The van der Waals surface area contributed by atoms with E-state index < -0.39 is 0 Å². The topological polar surface area (TPSA) is 33.3 Å². The minimum absolute atomic E-state index is 0.191. The summed E-state index contributed by atoms with van der Waals surface area (Å²) >= 11 is 0. The molecule has 0 aromatic heterocycles. The Balaban J connectivity index is 3.87. The Bertz CT molecular complexity index is 234. The van der Waals surface area contributed by atoms with Crippen molar-refractivity contribution in [1.82, 2.24) is 10.6 Å². The largest absolute Gasteiger partial charge is 0.380 e. The van der Waals surface area contributed by atoms with Crippen LogP contribution in [0.15, 0.2) is 0 Å². The van der Waals surface area contributed by atoms with Crippen LogP contribution >= 0.6 is 0 Å². The van der Waals surface area contributed by atoms with Crippen LogP contribution in [0.4, 0.5) is 0 Å². The van der Waals surface area contributed by atoms with Crippen LogP contribution in [0, 0.1) is 22.7 Å². The molecule has 3 heteroatoms. The van der Waals surface area contributed by atoms with Crippen molar-refractivity contribution in [3.63, 3.8) is 0 Å². The molecule has 0 atom stereocenters. The normalized spacial score (nSPS) is 13.4. The quantitative estimate of drug-likeness (QED) is 0.578. The zero-order valence-electron chi connectivity index (χ0n) is 15.8. The minimum atomic E-state index is 0.191. The zero-order valence-corrected chi connectivity index (χ0v) is 15.8. The molecule has 0 radical (unpaired) electrons. The third-order valence-electron chi connectivity index (χ3n) is 3.30. The molecule has 0 heterocycles. The highest BCUT2D eigenvalue weighted by atomic mass is 16.5. The van der Waals surface area contributed by atoms with Gasteiger partial charge in [0.25, 0.3) is 0 Å². The van der Waals surface area contributed by atoms with Gasteiger partial charge in [0, 0.05) is 23.9 Å². The summed E-state index contributed by atoms with van der Waals surface area (Å²) in [7, 11) is 0. The first-order valence-corrected chi connectivity index (χ1v) is 8.53. The van der Waals surface area contributed by atoms with Crippen LogP contribution in [0.5, 0.6) is 0 Å². The fourth-order valence-electron chi connectivity index (χ4n) is 2.10. The number of nitrogens with one attached hydrogen (secondary N) is 2. The molecular weight excluding hydrogens is 260 g/mol. The second-order valence-electron chi connectivity index (χ2n) is 8.87. The summed E-state index contributed by atoms with van der Waals surface area (Å²) in [5.41, 5.74) is 0.382. The molecule has 0 saturated carbocycles. The summed E-state index contributed by atoms with van der Waals surface area (Å²) in [6, 6.07) is 0. The Morgan fingerprint density at radius 1 is 0.714 bits per heavy atom. The Kier molecular flexibility index (Phi) is 9.75. The smallest absolute Gasteiger partial charge is 0.0529 e. The summed E-state index contributed by atoms with van der Waals surface area (Å²) in [6.45, 7) is 23.8. The summed E-state index contributed by atoms with van der Waals surface area (Å²) in [5.74, 6) is 1.40. The molecule has 0 saturated heterocycles. The average molecular weight is 301 g/mol. The van der Waals surface area contributed by atoms with Crippen molar-refractivity contribution in [2.24, 2.45) is 22.7 Å². The van der Waals surface area contributed by atoms with Crippen molar-refractivity contribution in [2.45, 2.75) is 55.4 Å². The van der Waals surface area contributed by atoms with Crippen LogP contribution in [0.3, 0.4) is 0 Å². The highest BCUT2D eigenvalue weighted by Gasteiger charge is 2.22. The zero-order chi connectivity index (χ0) is 16.5. The van der Waals surface area contributed by atoms with Gasteiger partial charge in [-0.3, -0.25) is 0 Å². The molecule has 0 aromatic rings. The first-order chi connectivity index (χ1) is 9.54. The molecule has 0 spiro atoms. The van der Waals surface area contributed by atoms with Crippen molar-refractivity contribution in [3.8, 4) is 0 Å². The molecule has 0 unspecified atom stereocenters. The number of rotatable bonds is 12. The van der Waals surface area contributed by atoms with E-state index in [0.717, 1.165) is 39.4 Å². The molecule has 0 aromatic carbocycles. The van der Waals surface area contributed by atoms with Crippen molar-refractivity contribution in [1.29, 1.82) is 0 Å². The first kappa shape index (κ1) is 20.9. The summed E-state index contributed by atoms with van der Waals surface area (Å²) in [5, 5.41) is 7.05. The molecule has 0 bridgehead atoms. The van der Waals surface area contributed by atoms with Crippen LogP contribution < -0.4 is 10.6 Å². The predicted molar refractivity (Wildman–Crippen MR) is 93.8 cm³/mol. The van der Waals surface area contributed by atoms with Crippen molar-refractivity contribution >= 4 is 0 Å². The molecule has 2 N–H and O–H groups in total. The molecule has 21 heavy (non-hydrogen) atoms. The van der Waals surface area contributed by atoms with Gasteiger partial charge in [-0.2, -0.15) is 0 Å². The molecule has 0 aliphatic rings. The summed E-state index contributed by atoms with van der Waals surface area (Å²) in [6.07, 6.45) is 0. The van der Waals surface area contributed by atoms with Crippen LogP contribution in [0.2, 0.25) is 0 Å². The predicted octanol–water partition coefficient (Wildman–Crippen LogP) is 3.55. The Morgan fingerprint density at radius 2 is 1.05 bits per heavy atom. The van der Waals surface area contributed by atoms with Gasteiger partial charge in [0.05, 0.1) is 13.2 Å².